The van der Waals surface area contributed by atoms with Gasteiger partial charge in [-0.05, 0) is 62.8 Å². The predicted octanol–water partition coefficient (Wildman–Crippen LogP) is 1.97. The maximum absolute atomic E-state index is 12.6. The molecule has 0 radical (unpaired) electrons. The molecule has 0 bridgehead atoms. The Kier molecular flexibility index (Phi) is 4.71. The Morgan fingerprint density at radius 2 is 2.00 bits per heavy atom. The lowest BCUT2D eigenvalue weighted by molar-refractivity contribution is -0.119. The van der Waals surface area contributed by atoms with Crippen molar-refractivity contribution in [3.63, 3.8) is 0 Å². The van der Waals surface area contributed by atoms with E-state index in [1.807, 2.05) is 12.1 Å². The molecule has 2 saturated heterocycles. The van der Waals surface area contributed by atoms with Gasteiger partial charge in [0.25, 0.3) is 5.91 Å². The van der Waals surface area contributed by atoms with Gasteiger partial charge in [-0.25, -0.2) is 0 Å². The van der Waals surface area contributed by atoms with Crippen molar-refractivity contribution in [2.45, 2.75) is 62.6 Å². The van der Waals surface area contributed by atoms with Crippen LogP contribution in [0, 0.1) is 0 Å². The number of rotatable bonds is 3. The number of nitrogens with two attached hydrogens (primary N) is 1. The van der Waals surface area contributed by atoms with Crippen molar-refractivity contribution in [1.29, 1.82) is 0 Å². The minimum atomic E-state index is -0.129. The van der Waals surface area contributed by atoms with Crippen molar-refractivity contribution in [2.24, 2.45) is 5.73 Å². The fourth-order valence-electron chi connectivity index (χ4n) is 4.57. The Morgan fingerprint density at radius 1 is 1.19 bits per heavy atom. The number of hydrogen-bond donors (Lipinski definition) is 2. The third-order valence-electron chi connectivity index (χ3n) is 5.98. The minimum absolute atomic E-state index is 0.0519. The van der Waals surface area contributed by atoms with Crippen LogP contribution in [0.2, 0.25) is 0 Å². The van der Waals surface area contributed by atoms with E-state index in [0.717, 1.165) is 57.4 Å². The Hall–Kier alpha value is -1.92. The van der Waals surface area contributed by atoms with Crippen molar-refractivity contribution in [2.75, 3.05) is 18.1 Å². The van der Waals surface area contributed by atoms with E-state index < -0.39 is 0 Å². The molecule has 3 unspecified atom stereocenters. The summed E-state index contributed by atoms with van der Waals surface area (Å²) in [4.78, 5) is 26.4. The fourth-order valence-corrected chi connectivity index (χ4v) is 4.57. The molecule has 26 heavy (non-hydrogen) atoms. The Bertz CT molecular complexity index is 682. The largest absolute Gasteiger partial charge is 0.375 e. The van der Waals surface area contributed by atoms with E-state index in [2.05, 4.69) is 5.32 Å². The average molecular weight is 357 g/mol. The molecular weight excluding hydrogens is 330 g/mol. The summed E-state index contributed by atoms with van der Waals surface area (Å²) in [6, 6.07) is 7.16. The third-order valence-corrected chi connectivity index (χ3v) is 5.98. The van der Waals surface area contributed by atoms with Crippen LogP contribution in [-0.4, -0.2) is 42.7 Å². The molecule has 1 aromatic carbocycles. The highest BCUT2D eigenvalue weighted by Gasteiger charge is 2.47. The average Bonchev–Trinajstić information content (AvgIpc) is 3.22. The summed E-state index contributed by atoms with van der Waals surface area (Å²) in [7, 11) is 0. The summed E-state index contributed by atoms with van der Waals surface area (Å²) in [6.45, 7) is 1.55. The van der Waals surface area contributed by atoms with Gasteiger partial charge < -0.3 is 20.7 Å². The first-order valence-corrected chi connectivity index (χ1v) is 9.67. The molecule has 1 saturated carbocycles. The lowest BCUT2D eigenvalue weighted by atomic mass is 9.98. The molecule has 3 N–H and O–H groups in total. The van der Waals surface area contributed by atoms with Gasteiger partial charge in [-0.15, -0.1) is 0 Å². The van der Waals surface area contributed by atoms with Crippen LogP contribution in [0.3, 0.4) is 0 Å². The molecule has 140 valence electrons. The quantitative estimate of drug-likeness (QED) is 0.866. The number of benzene rings is 1. The van der Waals surface area contributed by atoms with E-state index in [0.29, 0.717) is 12.0 Å². The molecule has 4 rings (SSSR count). The van der Waals surface area contributed by atoms with E-state index in [9.17, 15) is 9.59 Å². The first kappa shape index (κ1) is 17.5. The highest BCUT2D eigenvalue weighted by molar-refractivity contribution is 5.97. The monoisotopic (exact) mass is 357 g/mol. The summed E-state index contributed by atoms with van der Waals surface area (Å²) in [5.41, 5.74) is 7.59. The zero-order chi connectivity index (χ0) is 18.1. The lowest BCUT2D eigenvalue weighted by Crippen LogP contribution is -2.44. The van der Waals surface area contributed by atoms with Crippen LogP contribution in [0.4, 0.5) is 5.69 Å². The highest BCUT2D eigenvalue weighted by Crippen LogP contribution is 2.40. The molecule has 3 atom stereocenters. The van der Waals surface area contributed by atoms with E-state index in [1.54, 1.807) is 17.0 Å². The number of anilines is 1. The molecule has 1 aromatic rings. The van der Waals surface area contributed by atoms with Crippen LogP contribution in [0.5, 0.6) is 0 Å². The number of hydrogen-bond acceptors (Lipinski definition) is 4. The van der Waals surface area contributed by atoms with Crippen LogP contribution in [0.25, 0.3) is 0 Å². The first-order chi connectivity index (χ1) is 12.6. The van der Waals surface area contributed by atoms with Crippen LogP contribution in [0.1, 0.15) is 55.3 Å². The maximum Gasteiger partial charge on any atom is 0.251 e. The molecule has 2 heterocycles. The molecular formula is C20H27N3O3. The second-order valence-electron chi connectivity index (χ2n) is 7.84. The van der Waals surface area contributed by atoms with E-state index >= 15 is 0 Å². The number of carbonyl (C=O) groups is 2. The van der Waals surface area contributed by atoms with Gasteiger partial charge in [-0.2, -0.15) is 0 Å². The van der Waals surface area contributed by atoms with Crippen molar-refractivity contribution in [1.82, 2.24) is 5.32 Å². The SMILES string of the molecule is NC1CC2(CCCO2)CC1NC(=O)c1ccc(N2CCCCC2=O)cc1. The van der Waals surface area contributed by atoms with Crippen molar-refractivity contribution < 1.29 is 14.3 Å². The summed E-state index contributed by atoms with van der Waals surface area (Å²) >= 11 is 0. The summed E-state index contributed by atoms with van der Waals surface area (Å²) in [5, 5.41) is 3.08. The Morgan fingerprint density at radius 3 is 2.69 bits per heavy atom. The van der Waals surface area contributed by atoms with Crippen molar-refractivity contribution in [3.8, 4) is 0 Å². The Balaban J connectivity index is 1.40. The summed E-state index contributed by atoms with van der Waals surface area (Å²) < 4.78 is 5.91. The number of ether oxygens (including phenoxy) is 1. The molecule has 0 aromatic heterocycles. The molecule has 2 amide bonds. The zero-order valence-electron chi connectivity index (χ0n) is 15.1. The second-order valence-corrected chi connectivity index (χ2v) is 7.84. The van der Waals surface area contributed by atoms with Gasteiger partial charge in [0.1, 0.15) is 0 Å². The van der Waals surface area contributed by atoms with E-state index in [4.69, 9.17) is 10.5 Å². The van der Waals surface area contributed by atoms with Gasteiger partial charge in [0.05, 0.1) is 5.60 Å². The number of piperidine rings is 1. The van der Waals surface area contributed by atoms with Crippen LogP contribution < -0.4 is 16.0 Å². The number of amides is 2. The standard InChI is InChI=1S/C20H27N3O3/c21-16-12-20(9-3-11-26-20)13-17(16)22-19(25)14-5-7-15(8-6-14)23-10-2-1-4-18(23)24/h5-8,16-17H,1-4,9-13,21H2,(H,22,25). The minimum Gasteiger partial charge on any atom is -0.375 e. The van der Waals surface area contributed by atoms with Crippen molar-refractivity contribution >= 4 is 17.5 Å². The molecule has 6 heteroatoms. The first-order valence-electron chi connectivity index (χ1n) is 9.67. The topological polar surface area (TPSA) is 84.7 Å². The molecule has 3 aliphatic rings. The van der Waals surface area contributed by atoms with Crippen LogP contribution >= 0.6 is 0 Å². The highest BCUT2D eigenvalue weighted by atomic mass is 16.5. The van der Waals surface area contributed by atoms with Gasteiger partial charge in [0.15, 0.2) is 0 Å². The fraction of sp³-hybridized carbons (Fsp3) is 0.600. The number of carbonyl (C=O) groups excluding carboxylic acids is 2. The smallest absolute Gasteiger partial charge is 0.251 e. The van der Waals surface area contributed by atoms with Gasteiger partial charge in [0.2, 0.25) is 5.91 Å². The van der Waals surface area contributed by atoms with Gasteiger partial charge in [-0.3, -0.25) is 9.59 Å². The molecule has 1 aliphatic carbocycles. The third kappa shape index (κ3) is 3.35. The zero-order valence-corrected chi connectivity index (χ0v) is 15.1. The Labute approximate surface area is 154 Å². The van der Waals surface area contributed by atoms with Gasteiger partial charge in [-0.1, -0.05) is 0 Å². The van der Waals surface area contributed by atoms with Crippen molar-refractivity contribution in [3.05, 3.63) is 29.8 Å². The maximum atomic E-state index is 12.6. The molecule has 2 aliphatic heterocycles. The van der Waals surface area contributed by atoms with Crippen LogP contribution in [-0.2, 0) is 9.53 Å². The number of nitrogens with zero attached hydrogens (tertiary/aromatic N) is 1. The summed E-state index contributed by atoms with van der Waals surface area (Å²) in [5.74, 6) is 0.0456. The van der Waals surface area contributed by atoms with Crippen LogP contribution in [0.15, 0.2) is 24.3 Å². The van der Waals surface area contributed by atoms with E-state index in [-0.39, 0.29) is 29.5 Å². The second kappa shape index (κ2) is 7.00. The lowest BCUT2D eigenvalue weighted by Gasteiger charge is -2.27. The van der Waals surface area contributed by atoms with Gasteiger partial charge >= 0.3 is 0 Å². The predicted molar refractivity (Wildman–Crippen MR) is 99.0 cm³/mol. The summed E-state index contributed by atoms with van der Waals surface area (Å²) in [6.07, 6.45) is 6.30. The van der Waals surface area contributed by atoms with E-state index in [1.165, 1.54) is 0 Å². The molecule has 1 spiro atoms. The molecule has 6 nitrogen and oxygen atoms in total. The number of nitrogens with one attached hydrogen (secondary N) is 1. The van der Waals surface area contributed by atoms with Gasteiger partial charge in [0, 0.05) is 42.9 Å². The molecule has 3 fully saturated rings. The normalized spacial score (nSPS) is 31.6.